The minimum atomic E-state index is -5.59. The van der Waals surface area contributed by atoms with Crippen LogP contribution in [0.4, 0.5) is 36.8 Å². The van der Waals surface area contributed by atoms with Crippen LogP contribution in [0, 0.1) is 0 Å². The first-order chi connectivity index (χ1) is 21.0. The van der Waals surface area contributed by atoms with E-state index in [1.165, 1.54) is 0 Å². The number of alkyl halides is 6. The molecule has 0 radical (unpaired) electrons. The predicted octanol–water partition coefficient (Wildman–Crippen LogP) is 4.84. The number of aliphatic carboxylic acids is 1. The monoisotopic (exact) mass is 654 g/mol. The van der Waals surface area contributed by atoms with Gasteiger partial charge in [0.25, 0.3) is 15.7 Å². The van der Waals surface area contributed by atoms with Gasteiger partial charge in [-0.15, -0.1) is 0 Å². The van der Waals surface area contributed by atoms with Crippen molar-refractivity contribution in [2.45, 2.75) is 35.0 Å². The first-order valence-electron chi connectivity index (χ1n) is 12.6. The average Bonchev–Trinajstić information content (AvgIpc) is 3.21. The van der Waals surface area contributed by atoms with Gasteiger partial charge in [0, 0.05) is 36.3 Å². The van der Waals surface area contributed by atoms with Crippen molar-refractivity contribution in [3.05, 3.63) is 96.4 Å². The summed E-state index contributed by atoms with van der Waals surface area (Å²) in [4.78, 5) is 44.4. The fraction of sp³-hybridized carbons (Fsp3) is 0.179. The van der Waals surface area contributed by atoms with E-state index < -0.39 is 49.9 Å². The maximum absolute atomic E-state index is 13.9. The fourth-order valence-corrected chi connectivity index (χ4v) is 5.27. The molecule has 2 N–H and O–H groups in total. The molecule has 1 aliphatic heterocycles. The Morgan fingerprint density at radius 1 is 0.844 bits per heavy atom. The number of rotatable bonds is 6. The highest BCUT2D eigenvalue weighted by Crippen LogP contribution is 2.34. The van der Waals surface area contributed by atoms with E-state index in [1.54, 1.807) is 36.7 Å². The third-order valence-electron chi connectivity index (χ3n) is 6.55. The van der Waals surface area contributed by atoms with Crippen molar-refractivity contribution < 1.29 is 54.3 Å². The summed E-state index contributed by atoms with van der Waals surface area (Å²) in [5.41, 5.74) is -5.06. The van der Waals surface area contributed by atoms with E-state index in [2.05, 4.69) is 15.3 Å². The molecule has 2 aromatic carbocycles. The van der Waals surface area contributed by atoms with Gasteiger partial charge in [0.15, 0.2) is 0 Å². The molecule has 2 aromatic heterocycles. The van der Waals surface area contributed by atoms with E-state index in [-0.39, 0.29) is 18.5 Å². The molecular formula is C28H20F6N4O6S. The number of hydrogen-bond acceptors (Lipinski definition) is 7. The molecular weight excluding hydrogens is 634 g/mol. The zero-order valence-corrected chi connectivity index (χ0v) is 23.3. The summed E-state index contributed by atoms with van der Waals surface area (Å²) in [6.45, 7) is 0. The van der Waals surface area contributed by atoms with Gasteiger partial charge in [-0.1, -0.05) is 24.3 Å². The van der Waals surface area contributed by atoms with Crippen LogP contribution < -0.4 is 10.2 Å². The summed E-state index contributed by atoms with van der Waals surface area (Å²) in [5, 5.41) is 10.7. The minimum absolute atomic E-state index is 0.0338. The molecule has 4 aromatic rings. The van der Waals surface area contributed by atoms with Crippen LogP contribution >= 0.6 is 0 Å². The number of hydrogen-bond donors (Lipinski definition) is 2. The molecule has 5 rings (SSSR count). The molecule has 1 aliphatic rings. The highest BCUT2D eigenvalue weighted by molar-refractivity contribution is 7.92. The highest BCUT2D eigenvalue weighted by atomic mass is 32.2. The van der Waals surface area contributed by atoms with Crippen LogP contribution in [0.5, 0.6) is 0 Å². The number of carbonyl (C=O) groups excluding carboxylic acids is 2. The second-order valence-corrected chi connectivity index (χ2v) is 11.5. The van der Waals surface area contributed by atoms with E-state index in [4.69, 9.17) is 9.90 Å². The molecule has 1 fully saturated rings. The summed E-state index contributed by atoms with van der Waals surface area (Å²) >= 11 is 0. The van der Waals surface area contributed by atoms with Crippen LogP contribution in [0.15, 0.2) is 90.1 Å². The zero-order valence-electron chi connectivity index (χ0n) is 22.5. The number of carboxylic acids is 1. The smallest absolute Gasteiger partial charge is 0.475 e. The number of halogens is 6. The molecule has 0 aliphatic carbocycles. The lowest BCUT2D eigenvalue weighted by atomic mass is 9.85. The summed E-state index contributed by atoms with van der Waals surface area (Å²) in [5.74, 6) is -3.41. The van der Waals surface area contributed by atoms with Crippen LogP contribution in [-0.2, 0) is 32.3 Å². The molecule has 0 bridgehead atoms. The van der Waals surface area contributed by atoms with Crippen molar-refractivity contribution in [2.75, 3.05) is 4.90 Å². The van der Waals surface area contributed by atoms with Crippen LogP contribution in [0.1, 0.15) is 11.3 Å². The lowest BCUT2D eigenvalue weighted by Crippen LogP contribution is -2.51. The predicted molar refractivity (Wildman–Crippen MR) is 146 cm³/mol. The number of fused-ring (bicyclic) bond motifs is 1. The number of pyridine rings is 2. The maximum Gasteiger partial charge on any atom is 0.501 e. The molecule has 3 amide bonds. The lowest BCUT2D eigenvalue weighted by Gasteiger charge is -2.27. The summed E-state index contributed by atoms with van der Waals surface area (Å²) < 4.78 is 94.0. The molecule has 0 spiro atoms. The number of imide groups is 1. The van der Waals surface area contributed by atoms with Gasteiger partial charge < -0.3 is 10.4 Å². The van der Waals surface area contributed by atoms with Crippen LogP contribution in [0.2, 0.25) is 0 Å². The van der Waals surface area contributed by atoms with Crippen molar-refractivity contribution in [1.29, 1.82) is 0 Å². The van der Waals surface area contributed by atoms with Gasteiger partial charge in [-0.25, -0.2) is 22.9 Å². The largest absolute Gasteiger partial charge is 0.501 e. The standard InChI is InChI=1S/C26H19F3N4O4S.C2HF3O2/c27-26(28,29)38(36,37)20-10-8-19(9-11-20)33-23(34)25(32-24(33)35,16-18-5-3-4-13-30-18)15-17-12-14-31-22-7-2-1-6-21(17)22;3-2(4,5)1(6)7/h1-14H,15-16H2,(H,32,35);(H,6,7)/t25-;/m0./s1. The van der Waals surface area contributed by atoms with E-state index in [1.807, 2.05) is 24.3 Å². The Morgan fingerprint density at radius 2 is 1.47 bits per heavy atom. The van der Waals surface area contributed by atoms with Gasteiger partial charge in [0.05, 0.1) is 16.1 Å². The number of nitrogens with one attached hydrogen (secondary N) is 1. The number of carboxylic acid groups (broad SMARTS) is 1. The number of carbonyl (C=O) groups is 3. The molecule has 0 unspecified atom stereocenters. The molecule has 1 saturated heterocycles. The molecule has 1 atom stereocenters. The van der Waals surface area contributed by atoms with Crippen LogP contribution in [0.3, 0.4) is 0 Å². The molecule has 236 valence electrons. The Morgan fingerprint density at radius 3 is 2.04 bits per heavy atom. The van der Waals surface area contributed by atoms with E-state index in [0.717, 1.165) is 28.0 Å². The molecule has 45 heavy (non-hydrogen) atoms. The normalized spacial score (nSPS) is 17.1. The first-order valence-corrected chi connectivity index (χ1v) is 14.1. The molecule has 17 heteroatoms. The number of sulfone groups is 1. The Balaban J connectivity index is 0.000000591. The molecule has 10 nitrogen and oxygen atoms in total. The summed E-state index contributed by atoms with van der Waals surface area (Å²) in [6.07, 6.45) is -1.81. The fourth-order valence-electron chi connectivity index (χ4n) is 4.51. The topological polar surface area (TPSA) is 147 Å². The zero-order chi connectivity index (χ0) is 33.2. The maximum atomic E-state index is 13.9. The van der Waals surface area contributed by atoms with E-state index >= 15 is 0 Å². The average molecular weight is 655 g/mol. The minimum Gasteiger partial charge on any atom is -0.475 e. The first kappa shape index (κ1) is 32.8. The van der Waals surface area contributed by atoms with Gasteiger partial charge >= 0.3 is 23.7 Å². The second-order valence-electron chi connectivity index (χ2n) is 9.56. The lowest BCUT2D eigenvalue weighted by molar-refractivity contribution is -0.192. The SMILES string of the molecule is O=C(O)C(F)(F)F.O=C1N[C@](Cc2ccccn2)(Cc2ccnc3ccccc23)C(=O)N1c1ccc(S(=O)(=O)C(F)(F)F)cc1. The summed E-state index contributed by atoms with van der Waals surface area (Å²) in [6, 6.07) is 16.9. The van der Waals surface area contributed by atoms with E-state index in [9.17, 15) is 44.3 Å². The van der Waals surface area contributed by atoms with Crippen LogP contribution in [0.25, 0.3) is 10.9 Å². The van der Waals surface area contributed by atoms with Gasteiger partial charge in [-0.05, 0) is 54.1 Å². The van der Waals surface area contributed by atoms with Crippen molar-refractivity contribution in [1.82, 2.24) is 15.3 Å². The quantitative estimate of drug-likeness (QED) is 0.222. The number of aromatic nitrogens is 2. The van der Waals surface area contributed by atoms with Crippen LogP contribution in [-0.4, -0.2) is 58.6 Å². The number of para-hydroxylation sites is 1. The Bertz CT molecular complexity index is 1850. The molecule has 0 saturated carbocycles. The number of amides is 3. The second kappa shape index (κ2) is 12.1. The van der Waals surface area contributed by atoms with Crippen molar-refractivity contribution >= 4 is 44.3 Å². The highest BCUT2D eigenvalue weighted by Gasteiger charge is 2.52. The van der Waals surface area contributed by atoms with Crippen molar-refractivity contribution in [3.8, 4) is 0 Å². The van der Waals surface area contributed by atoms with Gasteiger partial charge in [0.1, 0.15) is 5.54 Å². The number of nitrogens with zero attached hydrogens (tertiary/aromatic N) is 3. The number of benzene rings is 2. The number of urea groups is 1. The van der Waals surface area contributed by atoms with Gasteiger partial charge in [-0.3, -0.25) is 14.8 Å². The Hall–Kier alpha value is -5.06. The van der Waals surface area contributed by atoms with Crippen molar-refractivity contribution in [3.63, 3.8) is 0 Å². The Kier molecular flexibility index (Phi) is 8.86. The molecule has 3 heterocycles. The third kappa shape index (κ3) is 6.87. The summed E-state index contributed by atoms with van der Waals surface area (Å²) in [7, 11) is -5.59. The Labute approximate surface area is 250 Å². The van der Waals surface area contributed by atoms with Gasteiger partial charge in [0.2, 0.25) is 0 Å². The third-order valence-corrected chi connectivity index (χ3v) is 8.06. The van der Waals surface area contributed by atoms with Crippen molar-refractivity contribution in [2.24, 2.45) is 0 Å². The number of anilines is 1. The van der Waals surface area contributed by atoms with E-state index in [0.29, 0.717) is 23.3 Å². The van der Waals surface area contributed by atoms with Gasteiger partial charge in [-0.2, -0.15) is 26.3 Å².